The van der Waals surface area contributed by atoms with E-state index in [1.54, 1.807) is 7.11 Å². The van der Waals surface area contributed by atoms with Gasteiger partial charge in [-0.25, -0.2) is 0 Å². The average molecular weight is 309 g/mol. The molecule has 2 aliphatic rings. The van der Waals surface area contributed by atoms with Crippen LogP contribution in [-0.4, -0.2) is 12.2 Å². The first kappa shape index (κ1) is 15.2. The largest absolute Gasteiger partial charge is 0.496 e. The van der Waals surface area contributed by atoms with E-state index in [2.05, 4.69) is 0 Å². The molecular weight excluding hydrogens is 284 g/mol. The van der Waals surface area contributed by atoms with Gasteiger partial charge in [0.1, 0.15) is 5.75 Å². The number of aliphatic hydroxyl groups excluding tert-OH is 1. The van der Waals surface area contributed by atoms with E-state index in [1.807, 2.05) is 18.2 Å². The van der Waals surface area contributed by atoms with Gasteiger partial charge in [0.15, 0.2) is 0 Å². The van der Waals surface area contributed by atoms with E-state index in [0.717, 1.165) is 36.0 Å². The Balaban J connectivity index is 1.76. The summed E-state index contributed by atoms with van der Waals surface area (Å²) in [7, 11) is 1.65. The van der Waals surface area contributed by atoms with Crippen molar-refractivity contribution < 1.29 is 9.84 Å². The fourth-order valence-corrected chi connectivity index (χ4v) is 4.57. The molecule has 0 spiro atoms. The lowest BCUT2D eigenvalue weighted by Crippen LogP contribution is -2.30. The van der Waals surface area contributed by atoms with Crippen molar-refractivity contribution in [1.29, 1.82) is 0 Å². The van der Waals surface area contributed by atoms with Crippen LogP contribution in [0.2, 0.25) is 5.02 Å². The SMILES string of the molecule is COc1ccc(Cl)cc1C(O)C1CCC2CCCCC2C1. The van der Waals surface area contributed by atoms with Gasteiger partial charge in [0.25, 0.3) is 0 Å². The summed E-state index contributed by atoms with van der Waals surface area (Å²) in [4.78, 5) is 0. The van der Waals surface area contributed by atoms with Crippen LogP contribution in [0.15, 0.2) is 18.2 Å². The fourth-order valence-electron chi connectivity index (χ4n) is 4.39. The minimum atomic E-state index is -0.457. The van der Waals surface area contributed by atoms with Crippen LogP contribution in [0.3, 0.4) is 0 Å². The number of hydrogen-bond donors (Lipinski definition) is 1. The van der Waals surface area contributed by atoms with Gasteiger partial charge in [-0.15, -0.1) is 0 Å². The molecule has 0 radical (unpaired) electrons. The molecule has 2 saturated carbocycles. The highest BCUT2D eigenvalue weighted by Crippen LogP contribution is 2.47. The van der Waals surface area contributed by atoms with Gasteiger partial charge in [0, 0.05) is 10.6 Å². The summed E-state index contributed by atoms with van der Waals surface area (Å²) in [5.74, 6) is 2.81. The monoisotopic (exact) mass is 308 g/mol. The third-order valence-corrected chi connectivity index (χ3v) is 5.77. The van der Waals surface area contributed by atoms with Crippen molar-refractivity contribution >= 4 is 11.6 Å². The van der Waals surface area contributed by atoms with Crippen molar-refractivity contribution in [3.8, 4) is 5.75 Å². The Morgan fingerprint density at radius 2 is 1.90 bits per heavy atom. The Morgan fingerprint density at radius 1 is 1.14 bits per heavy atom. The van der Waals surface area contributed by atoms with Gasteiger partial charge in [-0.05, 0) is 55.2 Å². The summed E-state index contributed by atoms with van der Waals surface area (Å²) >= 11 is 6.10. The van der Waals surface area contributed by atoms with Crippen LogP contribution in [0, 0.1) is 17.8 Å². The second-order valence-corrected chi connectivity index (χ2v) is 7.15. The quantitative estimate of drug-likeness (QED) is 0.852. The summed E-state index contributed by atoms with van der Waals surface area (Å²) < 4.78 is 5.40. The van der Waals surface area contributed by atoms with Crippen molar-refractivity contribution in [2.75, 3.05) is 7.11 Å². The molecule has 0 bridgehead atoms. The molecule has 4 unspecified atom stereocenters. The number of methoxy groups -OCH3 is 1. The molecule has 21 heavy (non-hydrogen) atoms. The van der Waals surface area contributed by atoms with Crippen molar-refractivity contribution in [3.05, 3.63) is 28.8 Å². The summed E-state index contributed by atoms with van der Waals surface area (Å²) in [6.45, 7) is 0. The van der Waals surface area contributed by atoms with E-state index in [0.29, 0.717) is 10.9 Å². The van der Waals surface area contributed by atoms with Gasteiger partial charge in [-0.1, -0.05) is 37.3 Å². The van der Waals surface area contributed by atoms with Crippen molar-refractivity contribution in [3.63, 3.8) is 0 Å². The van der Waals surface area contributed by atoms with E-state index in [9.17, 15) is 5.11 Å². The molecule has 0 saturated heterocycles. The molecular formula is C18H25ClO2. The second-order valence-electron chi connectivity index (χ2n) is 6.71. The fraction of sp³-hybridized carbons (Fsp3) is 0.667. The molecule has 2 aliphatic carbocycles. The van der Waals surface area contributed by atoms with E-state index in [4.69, 9.17) is 16.3 Å². The highest BCUT2D eigenvalue weighted by atomic mass is 35.5. The van der Waals surface area contributed by atoms with Gasteiger partial charge < -0.3 is 9.84 Å². The number of rotatable bonds is 3. The smallest absolute Gasteiger partial charge is 0.124 e. The zero-order chi connectivity index (χ0) is 14.8. The second kappa shape index (κ2) is 6.58. The number of benzene rings is 1. The van der Waals surface area contributed by atoms with Gasteiger partial charge in [0.05, 0.1) is 13.2 Å². The summed E-state index contributed by atoms with van der Waals surface area (Å²) in [5.41, 5.74) is 0.851. The molecule has 3 heteroatoms. The number of ether oxygens (including phenoxy) is 1. The lowest BCUT2D eigenvalue weighted by Gasteiger charge is -2.41. The van der Waals surface area contributed by atoms with E-state index in [-0.39, 0.29) is 0 Å². The summed E-state index contributed by atoms with van der Waals surface area (Å²) in [5, 5.41) is 11.5. The lowest BCUT2D eigenvalue weighted by atomic mass is 9.66. The Labute approximate surface area is 132 Å². The zero-order valence-electron chi connectivity index (χ0n) is 12.7. The first-order valence-electron chi connectivity index (χ1n) is 8.20. The van der Waals surface area contributed by atoms with Crippen molar-refractivity contribution in [2.24, 2.45) is 17.8 Å². The van der Waals surface area contributed by atoms with E-state index >= 15 is 0 Å². The van der Waals surface area contributed by atoms with Gasteiger partial charge in [-0.2, -0.15) is 0 Å². The summed E-state index contributed by atoms with van der Waals surface area (Å²) in [6.07, 6.45) is 8.60. The molecule has 0 aliphatic heterocycles. The average Bonchev–Trinajstić information content (AvgIpc) is 2.53. The van der Waals surface area contributed by atoms with Crippen molar-refractivity contribution in [2.45, 2.75) is 51.0 Å². The maximum Gasteiger partial charge on any atom is 0.124 e. The number of halogens is 1. The Kier molecular flexibility index (Phi) is 4.75. The molecule has 4 atom stereocenters. The minimum absolute atomic E-state index is 0.344. The predicted molar refractivity (Wildman–Crippen MR) is 85.8 cm³/mol. The molecule has 0 heterocycles. The normalized spacial score (nSPS) is 30.5. The summed E-state index contributed by atoms with van der Waals surface area (Å²) in [6, 6.07) is 5.53. The lowest BCUT2D eigenvalue weighted by molar-refractivity contribution is 0.0336. The van der Waals surface area contributed by atoms with Crippen LogP contribution in [0.25, 0.3) is 0 Å². The Morgan fingerprint density at radius 3 is 2.67 bits per heavy atom. The molecule has 3 rings (SSSR count). The maximum absolute atomic E-state index is 10.8. The number of hydrogen-bond acceptors (Lipinski definition) is 2. The van der Waals surface area contributed by atoms with Crippen molar-refractivity contribution in [1.82, 2.24) is 0 Å². The molecule has 2 nitrogen and oxygen atoms in total. The van der Waals surface area contributed by atoms with E-state index in [1.165, 1.54) is 32.1 Å². The Bertz CT molecular complexity index is 488. The molecule has 1 aromatic rings. The number of aliphatic hydroxyl groups is 1. The Hall–Kier alpha value is -0.730. The van der Waals surface area contributed by atoms with Crippen LogP contribution in [0.5, 0.6) is 5.75 Å². The van der Waals surface area contributed by atoms with E-state index < -0.39 is 6.10 Å². The number of fused-ring (bicyclic) bond motifs is 1. The molecule has 2 fully saturated rings. The topological polar surface area (TPSA) is 29.5 Å². The molecule has 1 aromatic carbocycles. The van der Waals surface area contributed by atoms with Crippen LogP contribution in [0.4, 0.5) is 0 Å². The molecule has 0 amide bonds. The van der Waals surface area contributed by atoms with Crippen LogP contribution < -0.4 is 4.74 Å². The van der Waals surface area contributed by atoms with Gasteiger partial charge in [-0.3, -0.25) is 0 Å². The van der Waals surface area contributed by atoms with Crippen LogP contribution in [0.1, 0.15) is 56.6 Å². The van der Waals surface area contributed by atoms with Gasteiger partial charge in [0.2, 0.25) is 0 Å². The van der Waals surface area contributed by atoms with Crippen LogP contribution in [-0.2, 0) is 0 Å². The first-order chi connectivity index (χ1) is 10.2. The standard InChI is InChI=1S/C18H25ClO2/c1-21-17-9-8-15(19)11-16(17)18(20)14-7-6-12-4-2-3-5-13(12)10-14/h8-9,11-14,18,20H,2-7,10H2,1H3. The van der Waals surface area contributed by atoms with Crippen LogP contribution >= 0.6 is 11.6 Å². The molecule has 0 aromatic heterocycles. The van der Waals surface area contributed by atoms with Gasteiger partial charge >= 0.3 is 0 Å². The highest BCUT2D eigenvalue weighted by molar-refractivity contribution is 6.30. The maximum atomic E-state index is 10.8. The minimum Gasteiger partial charge on any atom is -0.496 e. The molecule has 116 valence electrons. The first-order valence-corrected chi connectivity index (χ1v) is 8.58. The third kappa shape index (κ3) is 3.22. The predicted octanol–water partition coefficient (Wildman–Crippen LogP) is 4.99. The molecule has 1 N–H and O–H groups in total. The highest BCUT2D eigenvalue weighted by Gasteiger charge is 2.36. The third-order valence-electron chi connectivity index (χ3n) is 5.54. The zero-order valence-corrected chi connectivity index (χ0v) is 13.5.